The minimum Gasteiger partial charge on any atom is -0.334 e. The van der Waals surface area contributed by atoms with Gasteiger partial charge < -0.3 is 19.7 Å². The first-order chi connectivity index (χ1) is 16.0. The van der Waals surface area contributed by atoms with Gasteiger partial charge in [0.2, 0.25) is 5.91 Å². The molecule has 1 amide bonds. The summed E-state index contributed by atoms with van der Waals surface area (Å²) in [7, 11) is 4.19. The number of rotatable bonds is 5. The Morgan fingerprint density at radius 2 is 1.79 bits per heavy atom. The fourth-order valence-corrected chi connectivity index (χ4v) is 5.24. The third-order valence-corrected chi connectivity index (χ3v) is 7.42. The number of aryl methyl sites for hydroxylation is 1. The van der Waals surface area contributed by atoms with E-state index in [1.807, 2.05) is 30.1 Å². The maximum absolute atomic E-state index is 13.0. The van der Waals surface area contributed by atoms with Gasteiger partial charge in [-0.05, 0) is 56.2 Å². The molecular weight excluding hydrogens is 412 g/mol. The summed E-state index contributed by atoms with van der Waals surface area (Å²) in [5, 5.41) is 5.21. The topological polar surface area (TPSA) is 66.3 Å². The van der Waals surface area contributed by atoms with Crippen LogP contribution >= 0.6 is 0 Å². The lowest BCUT2D eigenvalue weighted by Gasteiger charge is -2.36. The van der Waals surface area contributed by atoms with Gasteiger partial charge in [-0.1, -0.05) is 12.1 Å². The summed E-state index contributed by atoms with van der Waals surface area (Å²) in [6, 6.07) is 8.26. The van der Waals surface area contributed by atoms with Gasteiger partial charge in [-0.25, -0.2) is 9.97 Å². The Kier molecular flexibility index (Phi) is 6.42. The molecule has 1 saturated carbocycles. The lowest BCUT2D eigenvalue weighted by atomic mass is 9.81. The Bertz CT molecular complexity index is 1110. The van der Waals surface area contributed by atoms with Crippen molar-refractivity contribution in [2.45, 2.75) is 25.7 Å². The van der Waals surface area contributed by atoms with Crippen LogP contribution < -0.4 is 5.32 Å². The summed E-state index contributed by atoms with van der Waals surface area (Å²) in [5.41, 5.74) is 2.16. The van der Waals surface area contributed by atoms with E-state index in [0.29, 0.717) is 5.82 Å². The number of amides is 1. The highest BCUT2D eigenvalue weighted by molar-refractivity contribution is 5.95. The summed E-state index contributed by atoms with van der Waals surface area (Å²) >= 11 is 0. The van der Waals surface area contributed by atoms with Crippen molar-refractivity contribution in [1.29, 1.82) is 0 Å². The van der Waals surface area contributed by atoms with Crippen LogP contribution in [0.25, 0.3) is 22.0 Å². The molecule has 174 valence electrons. The fraction of sp³-hybridized carbons (Fsp3) is 0.500. The van der Waals surface area contributed by atoms with Gasteiger partial charge >= 0.3 is 0 Å². The predicted molar refractivity (Wildman–Crippen MR) is 132 cm³/mol. The molecule has 0 radical (unpaired) electrons. The van der Waals surface area contributed by atoms with E-state index in [4.69, 9.17) is 0 Å². The second-order valence-electron chi connectivity index (χ2n) is 9.83. The molecule has 5 rings (SSSR count). The molecule has 3 heterocycles. The zero-order valence-electron chi connectivity index (χ0n) is 19.7. The van der Waals surface area contributed by atoms with Crippen LogP contribution in [0.1, 0.15) is 25.7 Å². The molecule has 0 atom stereocenters. The van der Waals surface area contributed by atoms with Crippen LogP contribution in [0.15, 0.2) is 43.0 Å². The monoisotopic (exact) mass is 446 g/mol. The van der Waals surface area contributed by atoms with E-state index < -0.39 is 0 Å². The number of fused-ring (bicyclic) bond motifs is 1. The Labute approximate surface area is 195 Å². The van der Waals surface area contributed by atoms with Crippen LogP contribution in [0.4, 0.5) is 5.82 Å². The number of hydrogen-bond donors (Lipinski definition) is 1. The maximum Gasteiger partial charge on any atom is 0.228 e. The Balaban J connectivity index is 1.18. The summed E-state index contributed by atoms with van der Waals surface area (Å²) in [6.07, 6.45) is 9.74. The van der Waals surface area contributed by atoms with Gasteiger partial charge in [0, 0.05) is 62.8 Å². The number of anilines is 1. The summed E-state index contributed by atoms with van der Waals surface area (Å²) < 4.78 is 2.01. The van der Waals surface area contributed by atoms with E-state index in [0.717, 1.165) is 53.6 Å². The number of likely N-dealkylation sites (N-methyl/N-ethyl adjacent to an activating group) is 1. The molecule has 2 fully saturated rings. The van der Waals surface area contributed by atoms with E-state index in [1.165, 1.54) is 32.7 Å². The lowest BCUT2D eigenvalue weighted by molar-refractivity contribution is -0.121. The third kappa shape index (κ3) is 5.09. The molecule has 1 aliphatic carbocycles. The normalized spacial score (nSPS) is 22.5. The van der Waals surface area contributed by atoms with Crippen molar-refractivity contribution in [3.63, 3.8) is 0 Å². The standard InChI is InChI=1S/C26H34N6O/c1-30-9-11-32(12-10-30)17-19-3-5-20(6-4-19)26(33)29-25-14-23-13-21(7-8-22(23)15-28-25)24-16-27-18-31(24)2/h7-8,13-16,18-20H,3-6,9-12,17H2,1-2H3,(H,28,29,33)/t19-,20-. The average Bonchev–Trinajstić information content (AvgIpc) is 3.26. The fourth-order valence-electron chi connectivity index (χ4n) is 5.24. The highest BCUT2D eigenvalue weighted by Crippen LogP contribution is 2.31. The van der Waals surface area contributed by atoms with E-state index in [2.05, 4.69) is 50.3 Å². The van der Waals surface area contributed by atoms with Gasteiger partial charge in [0.15, 0.2) is 0 Å². The van der Waals surface area contributed by atoms with Gasteiger partial charge in [-0.3, -0.25) is 4.79 Å². The van der Waals surface area contributed by atoms with Crippen LogP contribution in [-0.2, 0) is 11.8 Å². The quantitative estimate of drug-likeness (QED) is 0.648. The van der Waals surface area contributed by atoms with Crippen LogP contribution in [0, 0.1) is 11.8 Å². The Morgan fingerprint density at radius 1 is 1.00 bits per heavy atom. The van der Waals surface area contributed by atoms with Crippen LogP contribution in [-0.4, -0.2) is 70.0 Å². The first-order valence-corrected chi connectivity index (χ1v) is 12.1. The number of pyridine rings is 1. The van der Waals surface area contributed by atoms with E-state index in [1.54, 1.807) is 6.33 Å². The largest absolute Gasteiger partial charge is 0.334 e. The first kappa shape index (κ1) is 22.0. The Hall–Kier alpha value is -2.77. The van der Waals surface area contributed by atoms with Gasteiger partial charge in [0.05, 0.1) is 18.2 Å². The van der Waals surface area contributed by atoms with E-state index in [9.17, 15) is 4.79 Å². The van der Waals surface area contributed by atoms with Gasteiger partial charge in [0.25, 0.3) is 0 Å². The number of nitrogens with zero attached hydrogens (tertiary/aromatic N) is 5. The van der Waals surface area contributed by atoms with Crippen molar-refractivity contribution in [2.24, 2.45) is 18.9 Å². The molecule has 2 aromatic heterocycles. The third-order valence-electron chi connectivity index (χ3n) is 7.42. The van der Waals surface area contributed by atoms with Crippen molar-refractivity contribution in [1.82, 2.24) is 24.3 Å². The zero-order chi connectivity index (χ0) is 22.8. The van der Waals surface area contributed by atoms with Crippen LogP contribution in [0.5, 0.6) is 0 Å². The van der Waals surface area contributed by atoms with Crippen LogP contribution in [0.2, 0.25) is 0 Å². The second kappa shape index (κ2) is 9.61. The molecule has 1 saturated heterocycles. The van der Waals surface area contributed by atoms with Crippen molar-refractivity contribution in [2.75, 3.05) is 45.1 Å². The molecule has 2 aliphatic rings. The van der Waals surface area contributed by atoms with Gasteiger partial charge in [-0.2, -0.15) is 0 Å². The predicted octanol–water partition coefficient (Wildman–Crippen LogP) is 3.63. The first-order valence-electron chi connectivity index (χ1n) is 12.1. The highest BCUT2D eigenvalue weighted by Gasteiger charge is 2.28. The Morgan fingerprint density at radius 3 is 2.52 bits per heavy atom. The molecule has 33 heavy (non-hydrogen) atoms. The van der Waals surface area contributed by atoms with Crippen LogP contribution in [0.3, 0.4) is 0 Å². The number of imidazole rings is 1. The van der Waals surface area contributed by atoms with Gasteiger partial charge in [-0.15, -0.1) is 0 Å². The van der Waals surface area contributed by atoms with Crippen molar-refractivity contribution >= 4 is 22.5 Å². The molecule has 1 N–H and O–H groups in total. The number of benzene rings is 1. The molecule has 0 bridgehead atoms. The lowest BCUT2D eigenvalue weighted by Crippen LogP contribution is -2.46. The summed E-state index contributed by atoms with van der Waals surface area (Å²) in [5.74, 6) is 1.56. The number of carbonyl (C=O) groups excluding carboxylic acids is 1. The zero-order valence-corrected chi connectivity index (χ0v) is 19.7. The molecule has 7 nitrogen and oxygen atoms in total. The summed E-state index contributed by atoms with van der Waals surface area (Å²) in [4.78, 5) is 26.7. The summed E-state index contributed by atoms with van der Waals surface area (Å²) in [6.45, 7) is 5.87. The number of aromatic nitrogens is 3. The minimum atomic E-state index is 0.0898. The number of hydrogen-bond acceptors (Lipinski definition) is 5. The number of piperazine rings is 1. The van der Waals surface area contributed by atoms with E-state index in [-0.39, 0.29) is 11.8 Å². The number of nitrogens with one attached hydrogen (secondary N) is 1. The molecule has 1 aromatic carbocycles. The second-order valence-corrected chi connectivity index (χ2v) is 9.83. The molecule has 3 aromatic rings. The van der Waals surface area contributed by atoms with E-state index >= 15 is 0 Å². The van der Waals surface area contributed by atoms with Crippen molar-refractivity contribution in [3.8, 4) is 11.3 Å². The molecule has 0 unspecified atom stereocenters. The molecule has 0 spiro atoms. The maximum atomic E-state index is 13.0. The van der Waals surface area contributed by atoms with Crippen molar-refractivity contribution in [3.05, 3.63) is 43.0 Å². The smallest absolute Gasteiger partial charge is 0.228 e. The molecule has 7 heteroatoms. The number of carbonyl (C=O) groups is 1. The molecule has 1 aliphatic heterocycles. The van der Waals surface area contributed by atoms with Gasteiger partial charge in [0.1, 0.15) is 5.82 Å². The highest BCUT2D eigenvalue weighted by atomic mass is 16.1. The minimum absolute atomic E-state index is 0.0898. The average molecular weight is 447 g/mol. The van der Waals surface area contributed by atoms with Crippen molar-refractivity contribution < 1.29 is 4.79 Å². The SMILES string of the molecule is CN1CCN(C[C@H]2CC[C@H](C(=O)Nc3cc4cc(-c5cncn5C)ccc4cn3)CC2)CC1. The molecular formula is C26H34N6O.